The molecule has 0 amide bonds. The Bertz CT molecular complexity index is 519. The fourth-order valence-electron chi connectivity index (χ4n) is 2.05. The lowest BCUT2D eigenvalue weighted by Gasteiger charge is -2.12. The fourth-order valence-corrected chi connectivity index (χ4v) is 2.05. The van der Waals surface area contributed by atoms with E-state index in [1.807, 2.05) is 19.1 Å². The third-order valence-electron chi connectivity index (χ3n) is 2.88. The zero-order valence-electron chi connectivity index (χ0n) is 10.4. The van der Waals surface area contributed by atoms with Gasteiger partial charge < -0.3 is 0 Å². The molecule has 102 valence electrons. The first kappa shape index (κ1) is 13.6. The molecule has 0 bridgehead atoms. The van der Waals surface area contributed by atoms with Crippen LogP contribution in [0.5, 0.6) is 0 Å². The molecular weight excluding hydrogens is 255 g/mol. The van der Waals surface area contributed by atoms with E-state index in [0.29, 0.717) is 5.69 Å². The van der Waals surface area contributed by atoms with E-state index in [4.69, 9.17) is 0 Å². The summed E-state index contributed by atoms with van der Waals surface area (Å²) in [7, 11) is 0. The number of aromatic nitrogens is 3. The summed E-state index contributed by atoms with van der Waals surface area (Å²) in [4.78, 5) is 3.94. The van der Waals surface area contributed by atoms with Crippen molar-refractivity contribution in [2.45, 2.75) is 32.0 Å². The highest BCUT2D eigenvalue weighted by atomic mass is 19.4. The molecule has 1 unspecified atom stereocenters. The maximum absolute atomic E-state index is 12.3. The smallest absolute Gasteiger partial charge is 0.265 e. The van der Waals surface area contributed by atoms with E-state index >= 15 is 0 Å². The standard InChI is InChI=1S/C13H14F3N3/c1-2-11(10-3-6-17-7-4-10)12-5-8-19(18-12)9-13(14,15)16/h3-8,11H,2,9H2,1H3. The second kappa shape index (κ2) is 5.42. The van der Waals surface area contributed by atoms with Crippen molar-refractivity contribution in [2.75, 3.05) is 0 Å². The Morgan fingerprint density at radius 3 is 2.47 bits per heavy atom. The Hall–Kier alpha value is -1.85. The molecule has 0 aliphatic rings. The van der Waals surface area contributed by atoms with Gasteiger partial charge in [0, 0.05) is 24.5 Å². The van der Waals surface area contributed by atoms with Crippen LogP contribution in [0.2, 0.25) is 0 Å². The second-order valence-corrected chi connectivity index (χ2v) is 4.29. The first-order chi connectivity index (χ1) is 8.99. The summed E-state index contributed by atoms with van der Waals surface area (Å²) in [5.74, 6) is -0.00233. The molecule has 0 aliphatic heterocycles. The molecule has 0 saturated heterocycles. The molecule has 0 aromatic carbocycles. The van der Waals surface area contributed by atoms with Gasteiger partial charge in [-0.05, 0) is 30.2 Å². The molecule has 2 aromatic heterocycles. The molecule has 0 N–H and O–H groups in total. The number of rotatable bonds is 4. The Morgan fingerprint density at radius 2 is 1.89 bits per heavy atom. The summed E-state index contributed by atoms with van der Waals surface area (Å²) in [5.41, 5.74) is 1.66. The molecule has 2 rings (SSSR count). The van der Waals surface area contributed by atoms with Crippen molar-refractivity contribution in [1.82, 2.24) is 14.8 Å². The summed E-state index contributed by atoms with van der Waals surface area (Å²) in [6.45, 7) is 0.924. The molecule has 3 nitrogen and oxygen atoms in total. The molecule has 0 spiro atoms. The highest BCUT2D eigenvalue weighted by molar-refractivity contribution is 5.25. The quantitative estimate of drug-likeness (QED) is 0.851. The Kier molecular flexibility index (Phi) is 3.87. The van der Waals surface area contributed by atoms with Crippen molar-refractivity contribution in [3.05, 3.63) is 48.0 Å². The minimum atomic E-state index is -4.25. The van der Waals surface area contributed by atoms with Gasteiger partial charge in [-0.15, -0.1) is 0 Å². The first-order valence-electron chi connectivity index (χ1n) is 5.99. The summed E-state index contributed by atoms with van der Waals surface area (Å²) in [6, 6.07) is 5.36. The highest BCUT2D eigenvalue weighted by Crippen LogP contribution is 2.26. The zero-order chi connectivity index (χ0) is 13.9. The third kappa shape index (κ3) is 3.56. The summed E-state index contributed by atoms with van der Waals surface area (Å²) >= 11 is 0. The number of nitrogens with zero attached hydrogens (tertiary/aromatic N) is 3. The normalized spacial score (nSPS) is 13.5. The van der Waals surface area contributed by atoms with Gasteiger partial charge in [0.1, 0.15) is 6.54 Å². The molecule has 19 heavy (non-hydrogen) atoms. The van der Waals surface area contributed by atoms with Crippen LogP contribution >= 0.6 is 0 Å². The number of hydrogen-bond donors (Lipinski definition) is 0. The van der Waals surface area contributed by atoms with Gasteiger partial charge in [0.25, 0.3) is 0 Å². The predicted octanol–water partition coefficient (Wildman–Crippen LogP) is 3.38. The van der Waals surface area contributed by atoms with Crippen LogP contribution in [-0.4, -0.2) is 20.9 Å². The van der Waals surface area contributed by atoms with Crippen molar-refractivity contribution >= 4 is 0 Å². The summed E-state index contributed by atoms with van der Waals surface area (Å²) < 4.78 is 37.8. The number of hydrogen-bond acceptors (Lipinski definition) is 2. The van der Waals surface area contributed by atoms with Gasteiger partial charge in [-0.1, -0.05) is 6.92 Å². The van der Waals surface area contributed by atoms with Crippen molar-refractivity contribution in [1.29, 1.82) is 0 Å². The van der Waals surface area contributed by atoms with Gasteiger partial charge in [0.15, 0.2) is 0 Å². The van der Waals surface area contributed by atoms with Crippen LogP contribution in [0, 0.1) is 0 Å². The SMILES string of the molecule is CCC(c1ccncc1)c1ccn(CC(F)(F)F)n1. The van der Waals surface area contributed by atoms with Crippen LogP contribution < -0.4 is 0 Å². The minimum absolute atomic E-state index is 0.00233. The van der Waals surface area contributed by atoms with Gasteiger partial charge in [0.05, 0.1) is 5.69 Å². The predicted molar refractivity (Wildman–Crippen MR) is 64.7 cm³/mol. The first-order valence-corrected chi connectivity index (χ1v) is 5.99. The van der Waals surface area contributed by atoms with Gasteiger partial charge in [-0.2, -0.15) is 18.3 Å². The molecule has 6 heteroatoms. The van der Waals surface area contributed by atoms with Crippen LogP contribution in [0.15, 0.2) is 36.8 Å². The average molecular weight is 269 g/mol. The topological polar surface area (TPSA) is 30.7 Å². The van der Waals surface area contributed by atoms with Crippen molar-refractivity contribution in [3.8, 4) is 0 Å². The summed E-state index contributed by atoms with van der Waals surface area (Å²) in [6.07, 6.45) is 1.23. The Labute approximate surface area is 109 Å². The van der Waals surface area contributed by atoms with Crippen LogP contribution in [0.1, 0.15) is 30.5 Å². The zero-order valence-corrected chi connectivity index (χ0v) is 10.4. The number of pyridine rings is 1. The van der Waals surface area contributed by atoms with Gasteiger partial charge in [0.2, 0.25) is 0 Å². The third-order valence-corrected chi connectivity index (χ3v) is 2.88. The van der Waals surface area contributed by atoms with E-state index in [-0.39, 0.29) is 5.92 Å². The molecule has 0 radical (unpaired) electrons. The van der Waals surface area contributed by atoms with E-state index in [1.165, 1.54) is 6.20 Å². The molecule has 0 fully saturated rings. The van der Waals surface area contributed by atoms with E-state index < -0.39 is 12.7 Å². The maximum Gasteiger partial charge on any atom is 0.408 e. The van der Waals surface area contributed by atoms with Crippen molar-refractivity contribution in [2.24, 2.45) is 0 Å². The van der Waals surface area contributed by atoms with Crippen molar-refractivity contribution < 1.29 is 13.2 Å². The minimum Gasteiger partial charge on any atom is -0.265 e. The molecule has 0 aliphatic carbocycles. The van der Waals surface area contributed by atoms with E-state index in [0.717, 1.165) is 16.7 Å². The number of alkyl halides is 3. The van der Waals surface area contributed by atoms with Crippen LogP contribution in [0.4, 0.5) is 13.2 Å². The Morgan fingerprint density at radius 1 is 1.21 bits per heavy atom. The van der Waals surface area contributed by atoms with E-state index in [1.54, 1.807) is 18.5 Å². The second-order valence-electron chi connectivity index (χ2n) is 4.29. The lowest BCUT2D eigenvalue weighted by atomic mass is 9.94. The van der Waals surface area contributed by atoms with Gasteiger partial charge in [-0.25, -0.2) is 0 Å². The van der Waals surface area contributed by atoms with Crippen LogP contribution in [-0.2, 0) is 6.54 Å². The van der Waals surface area contributed by atoms with Crippen LogP contribution in [0.3, 0.4) is 0 Å². The summed E-state index contributed by atoms with van der Waals surface area (Å²) in [5, 5.41) is 4.02. The molecule has 2 heterocycles. The fraction of sp³-hybridized carbons (Fsp3) is 0.385. The van der Waals surface area contributed by atoms with E-state index in [2.05, 4.69) is 10.1 Å². The van der Waals surface area contributed by atoms with E-state index in [9.17, 15) is 13.2 Å². The molecular formula is C13H14F3N3. The lowest BCUT2D eigenvalue weighted by molar-refractivity contribution is -0.142. The van der Waals surface area contributed by atoms with Crippen LogP contribution in [0.25, 0.3) is 0 Å². The Balaban J connectivity index is 2.21. The average Bonchev–Trinajstić information content (AvgIpc) is 2.77. The lowest BCUT2D eigenvalue weighted by Crippen LogP contribution is -2.18. The molecule has 1 atom stereocenters. The maximum atomic E-state index is 12.3. The molecule has 2 aromatic rings. The number of halogens is 3. The molecule has 0 saturated carbocycles. The van der Waals surface area contributed by atoms with Gasteiger partial charge in [-0.3, -0.25) is 9.67 Å². The largest absolute Gasteiger partial charge is 0.408 e. The monoisotopic (exact) mass is 269 g/mol. The van der Waals surface area contributed by atoms with Crippen molar-refractivity contribution in [3.63, 3.8) is 0 Å². The highest BCUT2D eigenvalue weighted by Gasteiger charge is 2.28. The van der Waals surface area contributed by atoms with Gasteiger partial charge >= 0.3 is 6.18 Å².